The van der Waals surface area contributed by atoms with E-state index in [0.29, 0.717) is 44.6 Å². The number of nitrogens with zero attached hydrogens (tertiary/aromatic N) is 3. The number of carbonyl (C=O) groups excluding carboxylic acids is 3. The van der Waals surface area contributed by atoms with Crippen molar-refractivity contribution < 1.29 is 14.4 Å². The Kier molecular flexibility index (Phi) is 8.29. The monoisotopic (exact) mass is 442 g/mol. The standard InChI is InChI=1S/C25H38N4O3/c1-18-5-7-22(8-6-18)23(26-21(4)30)14-24(31)28-11-9-27(10-12-28)17-25(32)29-15-19(2)13-20(3)16-29/h5-8,19-20,23H,9-17H2,1-4H3,(H,26,30). The summed E-state index contributed by atoms with van der Waals surface area (Å²) in [5.41, 5.74) is 2.08. The van der Waals surface area contributed by atoms with Crippen molar-refractivity contribution in [1.29, 1.82) is 0 Å². The highest BCUT2D eigenvalue weighted by Crippen LogP contribution is 2.22. The Morgan fingerprint density at radius 3 is 2.09 bits per heavy atom. The Hall–Kier alpha value is -2.41. The molecule has 3 rings (SSSR count). The number of piperidine rings is 1. The van der Waals surface area contributed by atoms with Crippen molar-refractivity contribution in [1.82, 2.24) is 20.0 Å². The minimum absolute atomic E-state index is 0.0361. The van der Waals surface area contributed by atoms with Crippen LogP contribution in [0.4, 0.5) is 0 Å². The second-order valence-electron chi connectivity index (χ2n) is 9.77. The Labute approximate surface area is 192 Å². The van der Waals surface area contributed by atoms with Crippen LogP contribution in [0.1, 0.15) is 50.8 Å². The van der Waals surface area contributed by atoms with Crippen LogP contribution in [0.2, 0.25) is 0 Å². The van der Waals surface area contributed by atoms with Crippen LogP contribution in [0, 0.1) is 18.8 Å². The van der Waals surface area contributed by atoms with E-state index in [1.54, 1.807) is 0 Å². The van der Waals surface area contributed by atoms with Crippen molar-refractivity contribution in [3.63, 3.8) is 0 Å². The van der Waals surface area contributed by atoms with Crippen LogP contribution in [0.25, 0.3) is 0 Å². The van der Waals surface area contributed by atoms with Crippen molar-refractivity contribution in [2.75, 3.05) is 45.8 Å². The number of benzene rings is 1. The number of amides is 3. The van der Waals surface area contributed by atoms with E-state index in [1.807, 2.05) is 41.0 Å². The Morgan fingerprint density at radius 2 is 1.53 bits per heavy atom. The van der Waals surface area contributed by atoms with Crippen LogP contribution in [0.15, 0.2) is 24.3 Å². The molecular formula is C25H38N4O3. The molecule has 2 fully saturated rings. The number of rotatable bonds is 6. The van der Waals surface area contributed by atoms with Gasteiger partial charge in [0.05, 0.1) is 19.0 Å². The van der Waals surface area contributed by atoms with Crippen molar-refractivity contribution in [3.05, 3.63) is 35.4 Å². The fraction of sp³-hybridized carbons (Fsp3) is 0.640. The minimum atomic E-state index is -0.330. The van der Waals surface area contributed by atoms with E-state index in [0.717, 1.165) is 24.2 Å². The van der Waals surface area contributed by atoms with Gasteiger partial charge in [0.1, 0.15) is 0 Å². The summed E-state index contributed by atoms with van der Waals surface area (Å²) < 4.78 is 0. The fourth-order valence-electron chi connectivity index (χ4n) is 4.91. The average Bonchev–Trinajstić information content (AvgIpc) is 2.73. The van der Waals surface area contributed by atoms with Crippen LogP contribution in [0.3, 0.4) is 0 Å². The zero-order valence-electron chi connectivity index (χ0n) is 20.0. The topological polar surface area (TPSA) is 73.0 Å². The molecule has 3 unspecified atom stereocenters. The van der Waals surface area contributed by atoms with Crippen molar-refractivity contribution in [2.24, 2.45) is 11.8 Å². The van der Waals surface area contributed by atoms with Gasteiger partial charge in [-0.25, -0.2) is 0 Å². The molecule has 2 aliphatic rings. The van der Waals surface area contributed by atoms with Crippen LogP contribution < -0.4 is 5.32 Å². The zero-order chi connectivity index (χ0) is 23.3. The second-order valence-corrected chi connectivity index (χ2v) is 9.77. The molecule has 2 saturated heterocycles. The summed E-state index contributed by atoms with van der Waals surface area (Å²) in [5.74, 6) is 1.21. The van der Waals surface area contributed by atoms with E-state index in [-0.39, 0.29) is 30.2 Å². The SMILES string of the molecule is CC(=O)NC(CC(=O)N1CCN(CC(=O)N2CC(C)CC(C)C2)CC1)c1ccc(C)cc1. The highest BCUT2D eigenvalue weighted by Gasteiger charge is 2.29. The van der Waals surface area contributed by atoms with Gasteiger partial charge in [-0.2, -0.15) is 0 Å². The predicted octanol–water partition coefficient (Wildman–Crippen LogP) is 2.21. The molecule has 1 N–H and O–H groups in total. The van der Waals surface area contributed by atoms with E-state index in [1.165, 1.54) is 13.3 Å². The molecule has 7 heteroatoms. The summed E-state index contributed by atoms with van der Waals surface area (Å²) in [5, 5.41) is 2.92. The summed E-state index contributed by atoms with van der Waals surface area (Å²) in [6, 6.07) is 7.59. The van der Waals surface area contributed by atoms with E-state index in [9.17, 15) is 14.4 Å². The lowest BCUT2D eigenvalue weighted by molar-refractivity contribution is -0.137. The average molecular weight is 443 g/mol. The highest BCUT2D eigenvalue weighted by molar-refractivity contribution is 5.80. The van der Waals surface area contributed by atoms with Gasteiger partial charge in [-0.3, -0.25) is 19.3 Å². The Balaban J connectivity index is 1.50. The second kappa shape index (κ2) is 10.9. The number of nitrogens with one attached hydrogen (secondary N) is 1. The molecule has 1 aromatic carbocycles. The smallest absolute Gasteiger partial charge is 0.236 e. The lowest BCUT2D eigenvalue weighted by atomic mass is 9.92. The first kappa shape index (κ1) is 24.2. The third kappa shape index (κ3) is 6.79. The Bertz CT molecular complexity index is 792. The highest BCUT2D eigenvalue weighted by atomic mass is 16.2. The first-order valence-electron chi connectivity index (χ1n) is 11.8. The van der Waals surface area contributed by atoms with E-state index >= 15 is 0 Å². The van der Waals surface area contributed by atoms with Gasteiger partial charge in [-0.15, -0.1) is 0 Å². The van der Waals surface area contributed by atoms with Crippen LogP contribution in [-0.2, 0) is 14.4 Å². The third-order valence-electron chi connectivity index (χ3n) is 6.54. The molecule has 1 aromatic rings. The van der Waals surface area contributed by atoms with Gasteiger partial charge in [0.2, 0.25) is 17.7 Å². The Morgan fingerprint density at radius 1 is 0.938 bits per heavy atom. The summed E-state index contributed by atoms with van der Waals surface area (Å²) in [7, 11) is 0. The van der Waals surface area contributed by atoms with E-state index < -0.39 is 0 Å². The quantitative estimate of drug-likeness (QED) is 0.733. The summed E-state index contributed by atoms with van der Waals surface area (Å²) in [6.45, 7) is 12.7. The van der Waals surface area contributed by atoms with Crippen molar-refractivity contribution in [3.8, 4) is 0 Å². The summed E-state index contributed by atoms with van der Waals surface area (Å²) in [4.78, 5) is 43.4. The first-order valence-corrected chi connectivity index (χ1v) is 11.8. The fourth-order valence-corrected chi connectivity index (χ4v) is 4.91. The molecule has 32 heavy (non-hydrogen) atoms. The molecule has 0 saturated carbocycles. The lowest BCUT2D eigenvalue weighted by Crippen LogP contribution is -2.53. The first-order chi connectivity index (χ1) is 15.2. The molecule has 3 amide bonds. The molecule has 0 radical (unpaired) electrons. The molecule has 0 bridgehead atoms. The van der Waals surface area contributed by atoms with Gasteiger partial charge in [0, 0.05) is 46.2 Å². The lowest BCUT2D eigenvalue weighted by Gasteiger charge is -2.38. The van der Waals surface area contributed by atoms with E-state index in [4.69, 9.17) is 0 Å². The van der Waals surface area contributed by atoms with Gasteiger partial charge in [-0.05, 0) is 30.7 Å². The van der Waals surface area contributed by atoms with Crippen LogP contribution in [-0.4, -0.2) is 78.2 Å². The third-order valence-corrected chi connectivity index (χ3v) is 6.54. The number of carbonyl (C=O) groups is 3. The van der Waals surface area contributed by atoms with Crippen LogP contribution >= 0.6 is 0 Å². The predicted molar refractivity (Wildman–Crippen MR) is 125 cm³/mol. The number of aryl methyl sites for hydroxylation is 1. The maximum atomic E-state index is 13.0. The molecule has 2 aliphatic heterocycles. The van der Waals surface area contributed by atoms with Gasteiger partial charge in [0.25, 0.3) is 0 Å². The summed E-state index contributed by atoms with van der Waals surface area (Å²) in [6.07, 6.45) is 1.43. The maximum Gasteiger partial charge on any atom is 0.236 e. The van der Waals surface area contributed by atoms with Gasteiger partial charge < -0.3 is 15.1 Å². The molecule has 0 aromatic heterocycles. The largest absolute Gasteiger partial charge is 0.349 e. The van der Waals surface area contributed by atoms with Gasteiger partial charge in [-0.1, -0.05) is 43.7 Å². The molecule has 0 aliphatic carbocycles. The summed E-state index contributed by atoms with van der Waals surface area (Å²) >= 11 is 0. The maximum absolute atomic E-state index is 13.0. The molecule has 7 nitrogen and oxygen atoms in total. The minimum Gasteiger partial charge on any atom is -0.349 e. The number of piperazine rings is 1. The molecule has 3 atom stereocenters. The zero-order valence-corrected chi connectivity index (χ0v) is 20.0. The van der Waals surface area contributed by atoms with Crippen molar-refractivity contribution >= 4 is 17.7 Å². The molecule has 0 spiro atoms. The number of likely N-dealkylation sites (tertiary alicyclic amines) is 1. The van der Waals surface area contributed by atoms with Crippen LogP contribution in [0.5, 0.6) is 0 Å². The molecule has 176 valence electrons. The van der Waals surface area contributed by atoms with Gasteiger partial charge >= 0.3 is 0 Å². The number of hydrogen-bond acceptors (Lipinski definition) is 4. The number of hydrogen-bond donors (Lipinski definition) is 1. The molecular weight excluding hydrogens is 404 g/mol. The van der Waals surface area contributed by atoms with E-state index in [2.05, 4.69) is 24.1 Å². The molecule has 2 heterocycles. The van der Waals surface area contributed by atoms with Gasteiger partial charge in [0.15, 0.2) is 0 Å². The van der Waals surface area contributed by atoms with Crippen molar-refractivity contribution in [2.45, 2.75) is 46.6 Å². The normalized spacial score (nSPS) is 23.0.